The molecule has 0 radical (unpaired) electrons. The first-order chi connectivity index (χ1) is 12.3. The molecule has 0 heterocycles. The van der Waals surface area contributed by atoms with Crippen LogP contribution in [0.25, 0.3) is 0 Å². The van der Waals surface area contributed by atoms with Crippen molar-refractivity contribution in [1.82, 2.24) is 0 Å². The van der Waals surface area contributed by atoms with E-state index < -0.39 is 0 Å². The SMILES string of the molecule is N#CCc1cccc(N=C(c2ccccc2)c2ccccc2)c1C#N. The monoisotopic (exact) mass is 321 g/mol. The lowest BCUT2D eigenvalue weighted by Crippen LogP contribution is -2.03. The van der Waals surface area contributed by atoms with Crippen molar-refractivity contribution < 1.29 is 0 Å². The molecule has 0 atom stereocenters. The lowest BCUT2D eigenvalue weighted by molar-refractivity contribution is 1.23. The van der Waals surface area contributed by atoms with Gasteiger partial charge >= 0.3 is 0 Å². The van der Waals surface area contributed by atoms with Gasteiger partial charge in [-0.2, -0.15) is 10.5 Å². The Morgan fingerprint density at radius 3 is 1.88 bits per heavy atom. The molecule has 0 fully saturated rings. The highest BCUT2D eigenvalue weighted by Gasteiger charge is 2.11. The molecule has 0 aliphatic heterocycles. The van der Waals surface area contributed by atoms with Crippen LogP contribution in [0.15, 0.2) is 83.9 Å². The highest BCUT2D eigenvalue weighted by molar-refractivity contribution is 6.14. The molecule has 3 heteroatoms. The molecule has 0 amide bonds. The Morgan fingerprint density at radius 1 is 0.760 bits per heavy atom. The molecule has 0 unspecified atom stereocenters. The van der Waals surface area contributed by atoms with Gasteiger partial charge in [0.15, 0.2) is 0 Å². The summed E-state index contributed by atoms with van der Waals surface area (Å²) in [6.45, 7) is 0. The van der Waals surface area contributed by atoms with Crippen LogP contribution in [0.5, 0.6) is 0 Å². The van der Waals surface area contributed by atoms with E-state index in [0.717, 1.165) is 16.8 Å². The number of aliphatic imine (C=N–C) groups is 1. The number of benzene rings is 3. The summed E-state index contributed by atoms with van der Waals surface area (Å²) >= 11 is 0. The van der Waals surface area contributed by atoms with E-state index in [9.17, 15) is 5.26 Å². The van der Waals surface area contributed by atoms with Crippen molar-refractivity contribution in [2.75, 3.05) is 0 Å². The van der Waals surface area contributed by atoms with Crippen LogP contribution in [0, 0.1) is 22.7 Å². The summed E-state index contributed by atoms with van der Waals surface area (Å²) in [6, 6.07) is 29.5. The van der Waals surface area contributed by atoms with E-state index in [1.54, 1.807) is 6.07 Å². The second kappa shape index (κ2) is 7.73. The third-order valence-corrected chi connectivity index (χ3v) is 3.84. The Morgan fingerprint density at radius 2 is 1.36 bits per heavy atom. The number of hydrogen-bond acceptors (Lipinski definition) is 3. The highest BCUT2D eigenvalue weighted by Crippen LogP contribution is 2.25. The first-order valence-corrected chi connectivity index (χ1v) is 7.92. The zero-order valence-electron chi connectivity index (χ0n) is 13.6. The molecular weight excluding hydrogens is 306 g/mol. The van der Waals surface area contributed by atoms with Gasteiger partial charge in [0.2, 0.25) is 0 Å². The molecule has 0 aromatic heterocycles. The van der Waals surface area contributed by atoms with Gasteiger partial charge in [0.25, 0.3) is 0 Å². The summed E-state index contributed by atoms with van der Waals surface area (Å²) in [4.78, 5) is 4.80. The highest BCUT2D eigenvalue weighted by atomic mass is 14.8. The van der Waals surface area contributed by atoms with Crippen LogP contribution in [-0.2, 0) is 6.42 Å². The van der Waals surface area contributed by atoms with Gasteiger partial charge in [-0.15, -0.1) is 0 Å². The summed E-state index contributed by atoms with van der Waals surface area (Å²) < 4.78 is 0. The van der Waals surface area contributed by atoms with Crippen molar-refractivity contribution in [2.45, 2.75) is 6.42 Å². The van der Waals surface area contributed by atoms with E-state index in [1.807, 2.05) is 72.8 Å². The Kier molecular flexibility index (Phi) is 5.00. The molecular formula is C22H15N3. The first-order valence-electron chi connectivity index (χ1n) is 7.92. The average molecular weight is 321 g/mol. The van der Waals surface area contributed by atoms with Crippen LogP contribution >= 0.6 is 0 Å². The molecule has 0 aliphatic rings. The predicted octanol–water partition coefficient (Wildman–Crippen LogP) is 4.79. The van der Waals surface area contributed by atoms with Crippen molar-refractivity contribution in [3.8, 4) is 12.1 Å². The van der Waals surface area contributed by atoms with Crippen LogP contribution in [0.2, 0.25) is 0 Å². The van der Waals surface area contributed by atoms with Gasteiger partial charge in [-0.25, -0.2) is 4.99 Å². The van der Waals surface area contributed by atoms with E-state index in [0.29, 0.717) is 16.8 Å². The molecule has 3 rings (SSSR count). The lowest BCUT2D eigenvalue weighted by atomic mass is 10.0. The summed E-state index contributed by atoms with van der Waals surface area (Å²) in [7, 11) is 0. The third-order valence-electron chi connectivity index (χ3n) is 3.84. The minimum atomic E-state index is 0.193. The minimum Gasteiger partial charge on any atom is -0.246 e. The Hall–Kier alpha value is -3.69. The van der Waals surface area contributed by atoms with Crippen LogP contribution in [-0.4, -0.2) is 5.71 Å². The minimum absolute atomic E-state index is 0.193. The smallest absolute Gasteiger partial charge is 0.102 e. The van der Waals surface area contributed by atoms with Gasteiger partial charge in [0.1, 0.15) is 6.07 Å². The van der Waals surface area contributed by atoms with Gasteiger partial charge in [-0.1, -0.05) is 72.8 Å². The number of rotatable bonds is 4. The van der Waals surface area contributed by atoms with Crippen LogP contribution in [0.3, 0.4) is 0 Å². The van der Waals surface area contributed by atoms with E-state index >= 15 is 0 Å². The van der Waals surface area contributed by atoms with Crippen LogP contribution in [0.4, 0.5) is 5.69 Å². The largest absolute Gasteiger partial charge is 0.246 e. The van der Waals surface area contributed by atoms with E-state index in [-0.39, 0.29) is 6.42 Å². The second-order valence-electron chi connectivity index (χ2n) is 5.45. The summed E-state index contributed by atoms with van der Waals surface area (Å²) in [5, 5.41) is 18.5. The van der Waals surface area contributed by atoms with Gasteiger partial charge in [-0.05, 0) is 11.6 Å². The Balaban J connectivity index is 2.20. The van der Waals surface area contributed by atoms with Crippen LogP contribution < -0.4 is 0 Å². The zero-order valence-corrected chi connectivity index (χ0v) is 13.6. The van der Waals surface area contributed by atoms with Gasteiger partial charge in [-0.3, -0.25) is 0 Å². The van der Waals surface area contributed by atoms with Crippen molar-refractivity contribution in [2.24, 2.45) is 4.99 Å². The molecule has 0 bridgehead atoms. The summed E-state index contributed by atoms with van der Waals surface area (Å²) in [5.41, 5.74) is 4.48. The zero-order chi connectivity index (χ0) is 17.5. The fourth-order valence-corrected chi connectivity index (χ4v) is 2.65. The molecule has 0 N–H and O–H groups in total. The van der Waals surface area contributed by atoms with Crippen LogP contribution in [0.1, 0.15) is 22.3 Å². The number of hydrogen-bond donors (Lipinski definition) is 0. The molecule has 3 nitrogen and oxygen atoms in total. The molecule has 0 spiro atoms. The second-order valence-corrected chi connectivity index (χ2v) is 5.45. The normalized spacial score (nSPS) is 9.68. The van der Waals surface area contributed by atoms with Crippen molar-refractivity contribution >= 4 is 11.4 Å². The molecule has 0 saturated carbocycles. The Bertz CT molecular complexity index is 934. The standard InChI is InChI=1S/C22H15N3/c23-15-14-17-12-7-13-21(20(17)16-24)25-22(18-8-3-1-4-9-18)19-10-5-2-6-11-19/h1-13H,14H2. The molecule has 118 valence electrons. The molecule has 0 saturated heterocycles. The molecule has 0 aliphatic carbocycles. The maximum absolute atomic E-state index is 9.55. The Labute approximate surface area is 147 Å². The average Bonchev–Trinajstić information content (AvgIpc) is 2.68. The molecule has 25 heavy (non-hydrogen) atoms. The van der Waals surface area contributed by atoms with Gasteiger partial charge in [0, 0.05) is 11.1 Å². The third kappa shape index (κ3) is 3.63. The predicted molar refractivity (Wildman–Crippen MR) is 98.7 cm³/mol. The topological polar surface area (TPSA) is 59.9 Å². The fraction of sp³-hybridized carbons (Fsp3) is 0.0455. The first kappa shape index (κ1) is 16.2. The van der Waals surface area contributed by atoms with Gasteiger partial charge in [0.05, 0.1) is 29.5 Å². The van der Waals surface area contributed by atoms with E-state index in [2.05, 4.69) is 12.1 Å². The number of nitrogens with zero attached hydrogens (tertiary/aromatic N) is 3. The molecule has 3 aromatic rings. The van der Waals surface area contributed by atoms with Crippen molar-refractivity contribution in [3.63, 3.8) is 0 Å². The van der Waals surface area contributed by atoms with Crippen molar-refractivity contribution in [1.29, 1.82) is 10.5 Å². The van der Waals surface area contributed by atoms with Gasteiger partial charge < -0.3 is 0 Å². The summed E-state index contributed by atoms with van der Waals surface area (Å²) in [5.74, 6) is 0. The lowest BCUT2D eigenvalue weighted by Gasteiger charge is -2.09. The quantitative estimate of drug-likeness (QED) is 0.648. The van der Waals surface area contributed by atoms with Crippen molar-refractivity contribution in [3.05, 3.63) is 101 Å². The summed E-state index contributed by atoms with van der Waals surface area (Å²) in [6.07, 6.45) is 0.193. The maximum Gasteiger partial charge on any atom is 0.102 e. The fourth-order valence-electron chi connectivity index (χ4n) is 2.65. The van der Waals surface area contributed by atoms with E-state index in [1.165, 1.54) is 0 Å². The molecule has 3 aromatic carbocycles. The van der Waals surface area contributed by atoms with E-state index in [4.69, 9.17) is 10.3 Å². The maximum atomic E-state index is 9.55. The number of nitriles is 2.